The van der Waals surface area contributed by atoms with Gasteiger partial charge in [-0.2, -0.15) is 0 Å². The van der Waals surface area contributed by atoms with Gasteiger partial charge in [0.05, 0.1) is 0 Å². The van der Waals surface area contributed by atoms with Crippen LogP contribution in [0, 0.1) is 13.8 Å². The number of fused-ring (bicyclic) bond motifs is 3. The largest absolute Gasteiger partial charge is 0.514 e. The smallest absolute Gasteiger partial charge is 0.428 e. The van der Waals surface area contributed by atoms with Crippen LogP contribution in [0.3, 0.4) is 0 Å². The van der Waals surface area contributed by atoms with E-state index in [4.69, 9.17) is 22.4 Å². The van der Waals surface area contributed by atoms with Crippen molar-refractivity contribution in [1.82, 2.24) is 0 Å². The molecular weight excluding hydrogens is 595 g/mol. The van der Waals surface area contributed by atoms with Gasteiger partial charge in [-0.1, -0.05) is 90.1 Å². The monoisotopic (exact) mass is 640 g/mol. The van der Waals surface area contributed by atoms with E-state index in [0.29, 0.717) is 22.7 Å². The zero-order valence-corrected chi connectivity index (χ0v) is 29.7. The molecule has 0 atom stereocenters. The van der Waals surface area contributed by atoms with Crippen molar-refractivity contribution >= 4 is 36.3 Å². The number of carbonyl (C=O) groups excluding carboxylic acids is 1. The van der Waals surface area contributed by atoms with Crippen molar-refractivity contribution in [3.8, 4) is 22.6 Å². The molecule has 5 rings (SSSR count). The molecule has 0 fully saturated rings. The summed E-state index contributed by atoms with van der Waals surface area (Å²) in [6.07, 6.45) is -0.762. The second kappa shape index (κ2) is 12.2. The molecule has 0 saturated carbocycles. The molecule has 6 nitrogen and oxygen atoms in total. The Morgan fingerprint density at radius 2 is 1.07 bits per heavy atom. The Kier molecular flexibility index (Phi) is 8.83. The molecule has 0 radical (unpaired) electrons. The zero-order chi connectivity index (χ0) is 33.6. The van der Waals surface area contributed by atoms with Crippen LogP contribution in [0.1, 0.15) is 84.6 Å². The van der Waals surface area contributed by atoms with E-state index in [9.17, 15) is 4.79 Å². The minimum absolute atomic E-state index is 0.310. The predicted octanol–water partition coefficient (Wildman–Crippen LogP) is 12.3. The second-order valence-electron chi connectivity index (χ2n) is 14.9. The Balaban J connectivity index is 1.83. The van der Waals surface area contributed by atoms with E-state index in [1.165, 1.54) is 0 Å². The van der Waals surface area contributed by atoms with Crippen LogP contribution < -0.4 is 9.26 Å². The molecule has 0 spiro atoms. The number of hydrogen-bond acceptors (Lipinski definition) is 6. The average molecular weight is 641 g/mol. The third-order valence-corrected chi connectivity index (χ3v) is 8.55. The minimum Gasteiger partial charge on any atom is -0.428 e. The van der Waals surface area contributed by atoms with Crippen molar-refractivity contribution in [1.29, 1.82) is 0 Å². The summed E-state index contributed by atoms with van der Waals surface area (Å²) >= 11 is 0. The van der Waals surface area contributed by atoms with Gasteiger partial charge in [0.2, 0.25) is 0 Å². The Morgan fingerprint density at radius 3 is 1.52 bits per heavy atom. The molecule has 0 aliphatic carbocycles. The Labute approximate surface area is 273 Å². The summed E-state index contributed by atoms with van der Waals surface area (Å²) in [5.41, 5.74) is 5.42. The number of benzene rings is 4. The molecule has 0 unspecified atom stereocenters. The van der Waals surface area contributed by atoms with Gasteiger partial charge in [0.25, 0.3) is 0 Å². The lowest BCUT2D eigenvalue weighted by Gasteiger charge is -2.28. The van der Waals surface area contributed by atoms with Crippen LogP contribution in [0.15, 0.2) is 81.2 Å². The summed E-state index contributed by atoms with van der Waals surface area (Å²) in [7, 11) is -1.94. The number of carbonyl (C=O) groups is 1. The number of para-hydroxylation sites is 2. The fourth-order valence-electron chi connectivity index (χ4n) is 5.45. The molecule has 46 heavy (non-hydrogen) atoms. The molecule has 7 heteroatoms. The lowest BCUT2D eigenvalue weighted by atomic mass is 9.80. The lowest BCUT2D eigenvalue weighted by Crippen LogP contribution is -2.27. The topological polar surface area (TPSA) is 71.0 Å². The molecular formula is C39H45O6P. The minimum atomic E-state index is -1.94. The maximum Gasteiger partial charge on any atom is 0.514 e. The lowest BCUT2D eigenvalue weighted by molar-refractivity contribution is 0.0204. The molecule has 0 N–H and O–H groups in total. The maximum atomic E-state index is 13.2. The van der Waals surface area contributed by atoms with Crippen molar-refractivity contribution < 1.29 is 27.2 Å². The van der Waals surface area contributed by atoms with Crippen LogP contribution in [0.25, 0.3) is 33.1 Å². The van der Waals surface area contributed by atoms with E-state index in [0.717, 1.165) is 44.2 Å². The summed E-state index contributed by atoms with van der Waals surface area (Å²) in [5.74, 6) is 1.05. The van der Waals surface area contributed by atoms with Crippen molar-refractivity contribution in [3.05, 3.63) is 95.1 Å². The van der Waals surface area contributed by atoms with Gasteiger partial charge in [-0.25, -0.2) is 4.79 Å². The van der Waals surface area contributed by atoms with Gasteiger partial charge in [0, 0.05) is 33.0 Å². The van der Waals surface area contributed by atoms with Gasteiger partial charge >= 0.3 is 14.4 Å². The highest BCUT2D eigenvalue weighted by Gasteiger charge is 2.31. The average Bonchev–Trinajstić information content (AvgIpc) is 3.08. The first-order valence-corrected chi connectivity index (χ1v) is 16.7. The van der Waals surface area contributed by atoms with Crippen LogP contribution in [0.2, 0.25) is 0 Å². The third kappa shape index (κ3) is 7.29. The molecule has 0 bridgehead atoms. The highest BCUT2D eigenvalue weighted by atomic mass is 31.1. The van der Waals surface area contributed by atoms with Crippen LogP contribution in [-0.4, -0.2) is 11.8 Å². The fraction of sp³-hybridized carbons (Fsp3) is 0.359. The number of aryl methyl sites for hydroxylation is 2. The van der Waals surface area contributed by atoms with Gasteiger partial charge in [-0.05, 0) is 80.8 Å². The normalized spacial score (nSPS) is 12.3. The second-order valence-corrected chi connectivity index (χ2v) is 15.9. The van der Waals surface area contributed by atoms with E-state index in [1.807, 2.05) is 82.3 Å². The van der Waals surface area contributed by atoms with E-state index in [2.05, 4.69) is 66.7 Å². The third-order valence-electron chi connectivity index (χ3n) is 7.52. The van der Waals surface area contributed by atoms with Crippen LogP contribution in [0.5, 0.6) is 11.5 Å². The van der Waals surface area contributed by atoms with Gasteiger partial charge in [0.15, 0.2) is 0 Å². The van der Waals surface area contributed by atoms with Crippen LogP contribution >= 0.6 is 8.24 Å². The van der Waals surface area contributed by atoms with E-state index >= 15 is 0 Å². The highest BCUT2D eigenvalue weighted by Crippen LogP contribution is 2.50. The molecule has 1 heterocycles. The summed E-state index contributed by atoms with van der Waals surface area (Å²) in [6.45, 7) is 22.3. The molecule has 5 aromatic rings. The Bertz CT molecular complexity index is 1910. The molecule has 0 amide bonds. The SMILES string of the molecule is Cc1cc(-c2cc(C)cc(C(C)(C)C)c2Op2oc3ccccc3c3ccccc3o2)c(OC(=O)OC(C)(C)C)c(C(C)(C)C)c1. The first kappa shape index (κ1) is 33.2. The quantitative estimate of drug-likeness (QED) is 0.144. The Hall–Kier alpha value is -4.15. The molecule has 0 aliphatic rings. The van der Waals surface area contributed by atoms with Gasteiger partial charge < -0.3 is 22.4 Å². The number of hydrogen-bond donors (Lipinski definition) is 0. The van der Waals surface area contributed by atoms with Crippen molar-refractivity contribution in [2.45, 2.75) is 92.6 Å². The standard InChI is InChI=1S/C39H45O6P/c1-24-20-28(34(30(22-24)37(3,4)5)41-36(40)42-39(9,10)11)29-21-25(2)23-31(38(6,7)8)35(29)45-46-43-32-18-14-12-16-26(32)27-17-13-15-19-33(27)44-46/h12-23H,1-11H3. The molecule has 242 valence electrons. The fourth-order valence-corrected chi connectivity index (χ4v) is 6.55. The first-order chi connectivity index (χ1) is 21.4. The van der Waals surface area contributed by atoms with Crippen LogP contribution in [0.4, 0.5) is 4.79 Å². The summed E-state index contributed by atoms with van der Waals surface area (Å²) in [4.78, 5) is 13.2. The van der Waals surface area contributed by atoms with Crippen molar-refractivity contribution in [3.63, 3.8) is 0 Å². The molecule has 1 aromatic heterocycles. The summed E-state index contributed by atoms with van der Waals surface area (Å²) < 4.78 is 31.7. The number of ether oxygens (including phenoxy) is 2. The first-order valence-electron chi connectivity index (χ1n) is 15.6. The maximum absolute atomic E-state index is 13.2. The highest BCUT2D eigenvalue weighted by molar-refractivity contribution is 7.32. The summed E-state index contributed by atoms with van der Waals surface area (Å²) in [5, 5.41) is 1.88. The van der Waals surface area contributed by atoms with Crippen molar-refractivity contribution in [2.24, 2.45) is 0 Å². The van der Waals surface area contributed by atoms with Crippen LogP contribution in [-0.2, 0) is 15.6 Å². The Morgan fingerprint density at radius 1 is 0.630 bits per heavy atom. The van der Waals surface area contributed by atoms with Gasteiger partial charge in [0.1, 0.15) is 28.3 Å². The summed E-state index contributed by atoms with van der Waals surface area (Å²) in [6, 6.07) is 24.1. The zero-order valence-electron chi connectivity index (χ0n) is 28.8. The van der Waals surface area contributed by atoms with E-state index < -0.39 is 20.0 Å². The molecule has 0 aliphatic heterocycles. The van der Waals surface area contributed by atoms with Gasteiger partial charge in [-0.15, -0.1) is 0 Å². The van der Waals surface area contributed by atoms with E-state index in [1.54, 1.807) is 0 Å². The molecule has 4 aromatic carbocycles. The predicted molar refractivity (Wildman–Crippen MR) is 188 cm³/mol. The number of rotatable bonds is 4. The van der Waals surface area contributed by atoms with Gasteiger partial charge in [-0.3, -0.25) is 0 Å². The molecule has 0 saturated heterocycles. The van der Waals surface area contributed by atoms with Crippen molar-refractivity contribution in [2.75, 3.05) is 0 Å². The van der Waals surface area contributed by atoms with E-state index in [-0.39, 0.29) is 10.8 Å².